The molecule has 4 heteroatoms. The zero-order valence-corrected chi connectivity index (χ0v) is 9.11. The van der Waals surface area contributed by atoms with Crippen LogP contribution in [0.1, 0.15) is 19.3 Å². The van der Waals surface area contributed by atoms with Gasteiger partial charge >= 0.3 is 0 Å². The molecule has 4 nitrogen and oxygen atoms in total. The molecule has 1 atom stereocenters. The Kier molecular flexibility index (Phi) is 3.59. The van der Waals surface area contributed by atoms with Crippen LogP contribution in [0.2, 0.25) is 0 Å². The Morgan fingerprint density at radius 3 is 2.60 bits per heavy atom. The molecule has 2 rings (SSSR count). The van der Waals surface area contributed by atoms with Crippen molar-refractivity contribution in [3.05, 3.63) is 0 Å². The highest BCUT2D eigenvalue weighted by Crippen LogP contribution is 2.20. The molecular formula is C11H20N2O2. The number of rotatable bonds is 2. The second-order valence-corrected chi connectivity index (χ2v) is 4.64. The van der Waals surface area contributed by atoms with Gasteiger partial charge < -0.3 is 15.3 Å². The third-order valence-corrected chi connectivity index (χ3v) is 3.59. The van der Waals surface area contributed by atoms with Crippen molar-refractivity contribution >= 4 is 5.91 Å². The molecule has 2 aliphatic rings. The normalized spacial score (nSPS) is 28.3. The molecule has 1 amide bonds. The van der Waals surface area contributed by atoms with E-state index in [1.807, 2.05) is 4.90 Å². The molecule has 15 heavy (non-hydrogen) atoms. The predicted molar refractivity (Wildman–Crippen MR) is 57.4 cm³/mol. The lowest BCUT2D eigenvalue weighted by atomic mass is 9.96. The molecule has 2 aliphatic heterocycles. The summed E-state index contributed by atoms with van der Waals surface area (Å²) < 4.78 is 0. The molecular weight excluding hydrogens is 192 g/mol. The van der Waals surface area contributed by atoms with Crippen LogP contribution in [-0.2, 0) is 4.79 Å². The van der Waals surface area contributed by atoms with Crippen molar-refractivity contribution < 1.29 is 9.90 Å². The van der Waals surface area contributed by atoms with Gasteiger partial charge in [-0.2, -0.15) is 0 Å². The minimum atomic E-state index is 0.204. The molecule has 86 valence electrons. The zero-order valence-electron chi connectivity index (χ0n) is 9.11. The van der Waals surface area contributed by atoms with Gasteiger partial charge in [0.2, 0.25) is 5.91 Å². The maximum absolute atomic E-state index is 12.0. The fraction of sp³-hybridized carbons (Fsp3) is 0.909. The van der Waals surface area contributed by atoms with Gasteiger partial charge in [-0.05, 0) is 31.7 Å². The van der Waals surface area contributed by atoms with E-state index >= 15 is 0 Å². The van der Waals surface area contributed by atoms with E-state index in [0.29, 0.717) is 11.8 Å². The summed E-state index contributed by atoms with van der Waals surface area (Å²) in [5.41, 5.74) is 0. The smallest absolute Gasteiger partial charge is 0.227 e. The lowest BCUT2D eigenvalue weighted by molar-refractivity contribution is -0.136. The largest absolute Gasteiger partial charge is 0.396 e. The molecule has 0 radical (unpaired) electrons. The third kappa shape index (κ3) is 2.49. The van der Waals surface area contributed by atoms with Gasteiger partial charge in [-0.1, -0.05) is 0 Å². The number of likely N-dealkylation sites (tertiary alicyclic amines) is 1. The highest BCUT2D eigenvalue weighted by atomic mass is 16.3. The SMILES string of the molecule is O=C([C@@H]1CCNC1)N1CCC(CO)CC1. The number of carbonyl (C=O) groups excluding carboxylic acids is 1. The fourth-order valence-corrected chi connectivity index (χ4v) is 2.46. The van der Waals surface area contributed by atoms with Crippen LogP contribution >= 0.6 is 0 Å². The number of nitrogens with one attached hydrogen (secondary N) is 1. The average molecular weight is 212 g/mol. The van der Waals surface area contributed by atoms with Crippen LogP contribution in [0.3, 0.4) is 0 Å². The molecule has 0 aromatic carbocycles. The Hall–Kier alpha value is -0.610. The van der Waals surface area contributed by atoms with Crippen LogP contribution in [-0.4, -0.2) is 48.7 Å². The van der Waals surface area contributed by atoms with Crippen LogP contribution in [0, 0.1) is 11.8 Å². The van der Waals surface area contributed by atoms with E-state index < -0.39 is 0 Å². The molecule has 0 spiro atoms. The summed E-state index contributed by atoms with van der Waals surface area (Å²) >= 11 is 0. The summed E-state index contributed by atoms with van der Waals surface area (Å²) in [6, 6.07) is 0. The first-order chi connectivity index (χ1) is 7.31. The van der Waals surface area contributed by atoms with Crippen molar-refractivity contribution in [2.24, 2.45) is 11.8 Å². The number of piperidine rings is 1. The predicted octanol–water partition coefficient (Wildman–Crippen LogP) is -0.173. The number of carbonyl (C=O) groups is 1. The van der Waals surface area contributed by atoms with Gasteiger partial charge in [0.1, 0.15) is 0 Å². The van der Waals surface area contributed by atoms with Gasteiger partial charge in [0.05, 0.1) is 5.92 Å². The van der Waals surface area contributed by atoms with E-state index in [4.69, 9.17) is 5.11 Å². The first-order valence-corrected chi connectivity index (χ1v) is 5.91. The number of nitrogens with zero attached hydrogens (tertiary/aromatic N) is 1. The quantitative estimate of drug-likeness (QED) is 0.668. The van der Waals surface area contributed by atoms with Crippen LogP contribution < -0.4 is 5.32 Å². The minimum absolute atomic E-state index is 0.204. The number of amides is 1. The molecule has 0 aromatic heterocycles. The third-order valence-electron chi connectivity index (χ3n) is 3.59. The molecule has 2 fully saturated rings. The van der Waals surface area contributed by atoms with Gasteiger partial charge in [0, 0.05) is 26.2 Å². The Morgan fingerprint density at radius 1 is 1.33 bits per heavy atom. The lowest BCUT2D eigenvalue weighted by Gasteiger charge is -2.32. The standard InChI is InChI=1S/C11H20N2O2/c14-8-9-2-5-13(6-3-9)11(15)10-1-4-12-7-10/h9-10,12,14H,1-8H2/t10-/m1/s1. The maximum Gasteiger partial charge on any atom is 0.227 e. The molecule has 0 aromatic rings. The minimum Gasteiger partial charge on any atom is -0.396 e. The molecule has 0 bridgehead atoms. The summed E-state index contributed by atoms with van der Waals surface area (Å²) in [4.78, 5) is 14.0. The summed E-state index contributed by atoms with van der Waals surface area (Å²) in [6.07, 6.45) is 2.91. The first-order valence-electron chi connectivity index (χ1n) is 5.91. The van der Waals surface area contributed by atoms with Crippen molar-refractivity contribution in [2.45, 2.75) is 19.3 Å². The lowest BCUT2D eigenvalue weighted by Crippen LogP contribution is -2.42. The van der Waals surface area contributed by atoms with Crippen molar-refractivity contribution in [3.8, 4) is 0 Å². The second kappa shape index (κ2) is 4.94. The van der Waals surface area contributed by atoms with Crippen LogP contribution in [0.15, 0.2) is 0 Å². The van der Waals surface area contributed by atoms with Gasteiger partial charge in [0.25, 0.3) is 0 Å². The number of aliphatic hydroxyl groups is 1. The highest BCUT2D eigenvalue weighted by molar-refractivity contribution is 5.79. The monoisotopic (exact) mass is 212 g/mol. The van der Waals surface area contributed by atoms with E-state index in [1.165, 1.54) is 0 Å². The number of hydrogen-bond donors (Lipinski definition) is 2. The highest BCUT2D eigenvalue weighted by Gasteiger charge is 2.29. The summed E-state index contributed by atoms with van der Waals surface area (Å²) in [7, 11) is 0. The first kappa shape index (κ1) is 10.9. The van der Waals surface area contributed by atoms with E-state index in [1.54, 1.807) is 0 Å². The van der Waals surface area contributed by atoms with Gasteiger partial charge in [-0.25, -0.2) is 0 Å². The Bertz CT molecular complexity index is 219. The maximum atomic E-state index is 12.0. The Labute approximate surface area is 90.6 Å². The molecule has 0 saturated carbocycles. The zero-order chi connectivity index (χ0) is 10.7. The number of aliphatic hydroxyl groups excluding tert-OH is 1. The van der Waals surface area contributed by atoms with Crippen molar-refractivity contribution in [2.75, 3.05) is 32.8 Å². The summed E-state index contributed by atoms with van der Waals surface area (Å²) in [5, 5.41) is 12.2. The van der Waals surface area contributed by atoms with Crippen LogP contribution in [0.4, 0.5) is 0 Å². The summed E-state index contributed by atoms with van der Waals surface area (Å²) in [6.45, 7) is 3.76. The number of hydrogen-bond acceptors (Lipinski definition) is 3. The van der Waals surface area contributed by atoms with E-state index in [9.17, 15) is 4.79 Å². The topological polar surface area (TPSA) is 52.6 Å². The van der Waals surface area contributed by atoms with Crippen LogP contribution in [0.25, 0.3) is 0 Å². The molecule has 2 saturated heterocycles. The van der Waals surface area contributed by atoms with Gasteiger partial charge in [-0.3, -0.25) is 4.79 Å². The van der Waals surface area contributed by atoms with E-state index in [-0.39, 0.29) is 12.5 Å². The molecule has 2 N–H and O–H groups in total. The molecule has 2 heterocycles. The Balaban J connectivity index is 1.81. The van der Waals surface area contributed by atoms with Crippen molar-refractivity contribution in [1.29, 1.82) is 0 Å². The van der Waals surface area contributed by atoms with E-state index in [2.05, 4.69) is 5.32 Å². The molecule has 0 unspecified atom stereocenters. The van der Waals surface area contributed by atoms with Crippen molar-refractivity contribution in [3.63, 3.8) is 0 Å². The van der Waals surface area contributed by atoms with Gasteiger partial charge in [-0.15, -0.1) is 0 Å². The fourth-order valence-electron chi connectivity index (χ4n) is 2.46. The van der Waals surface area contributed by atoms with E-state index in [0.717, 1.165) is 45.4 Å². The summed E-state index contributed by atoms with van der Waals surface area (Å²) in [5.74, 6) is 0.933. The molecule has 0 aliphatic carbocycles. The van der Waals surface area contributed by atoms with Crippen LogP contribution in [0.5, 0.6) is 0 Å². The van der Waals surface area contributed by atoms with Gasteiger partial charge in [0.15, 0.2) is 0 Å². The second-order valence-electron chi connectivity index (χ2n) is 4.64. The van der Waals surface area contributed by atoms with Crippen molar-refractivity contribution in [1.82, 2.24) is 10.2 Å². The Morgan fingerprint density at radius 2 is 2.07 bits per heavy atom. The average Bonchev–Trinajstić information content (AvgIpc) is 2.82.